The Kier molecular flexibility index (Phi) is 5.18. The molecule has 3 rings (SSSR count). The van der Waals surface area contributed by atoms with Crippen molar-refractivity contribution in [2.24, 2.45) is 11.5 Å². The van der Waals surface area contributed by atoms with E-state index in [2.05, 4.69) is 9.97 Å². The summed E-state index contributed by atoms with van der Waals surface area (Å²) in [6.45, 7) is 0. The Balaban J connectivity index is 1.99. The van der Waals surface area contributed by atoms with Gasteiger partial charge in [-0.15, -0.1) is 0 Å². The molecule has 138 valence electrons. The van der Waals surface area contributed by atoms with Crippen LogP contribution in [0.1, 0.15) is 27.7 Å². The largest absolute Gasteiger partial charge is 0.366 e. The Morgan fingerprint density at radius 2 is 1.78 bits per heavy atom. The third kappa shape index (κ3) is 4.12. The number of carbonyl (C=O) groups excluding carboxylic acids is 1. The molecular weight excluding hydrogens is 357 g/mol. The van der Waals surface area contributed by atoms with Crippen molar-refractivity contribution in [3.8, 4) is 11.1 Å². The van der Waals surface area contributed by atoms with Crippen LogP contribution in [-0.4, -0.2) is 15.9 Å². The lowest BCUT2D eigenvalue weighted by Gasteiger charge is -2.16. The summed E-state index contributed by atoms with van der Waals surface area (Å²) in [5.74, 6) is -3.06. The summed E-state index contributed by atoms with van der Waals surface area (Å²) in [6.07, 6.45) is 2.86. The van der Waals surface area contributed by atoms with E-state index in [9.17, 15) is 18.0 Å². The lowest BCUT2D eigenvalue weighted by atomic mass is 9.96. The second-order valence-electron chi connectivity index (χ2n) is 5.97. The van der Waals surface area contributed by atoms with Crippen molar-refractivity contribution in [3.63, 3.8) is 0 Å². The van der Waals surface area contributed by atoms with Crippen molar-refractivity contribution in [2.45, 2.75) is 12.5 Å². The number of amides is 1. The highest BCUT2D eigenvalue weighted by molar-refractivity contribution is 5.94. The summed E-state index contributed by atoms with van der Waals surface area (Å²) in [4.78, 5) is 19.5. The summed E-state index contributed by atoms with van der Waals surface area (Å²) < 4.78 is 40.5. The Hall–Kier alpha value is -3.26. The van der Waals surface area contributed by atoms with Gasteiger partial charge in [0.25, 0.3) is 5.91 Å². The fraction of sp³-hybridized carbons (Fsp3) is 0.105. The normalized spacial score (nSPS) is 12.0. The van der Waals surface area contributed by atoms with Crippen LogP contribution in [0.3, 0.4) is 0 Å². The molecule has 1 atom stereocenters. The van der Waals surface area contributed by atoms with Gasteiger partial charge in [-0.2, -0.15) is 0 Å². The number of nitrogens with zero attached hydrogens (tertiary/aromatic N) is 2. The van der Waals surface area contributed by atoms with E-state index >= 15 is 0 Å². The zero-order valence-corrected chi connectivity index (χ0v) is 14.0. The number of halogens is 3. The number of carbonyl (C=O) groups is 1. The van der Waals surface area contributed by atoms with Gasteiger partial charge in [-0.25, -0.2) is 23.1 Å². The standard InChI is InChI=1S/C19H15F3N4O/c20-12-3-10(4-13(21)7-12)5-17(23)18-15(8-25-9-26-18)11-1-2-16(22)14(6-11)19(24)27/h1-4,6-9,17H,5,23H2,(H2,24,27). The molecule has 0 aliphatic rings. The van der Waals surface area contributed by atoms with Crippen LogP contribution in [-0.2, 0) is 6.42 Å². The quantitative estimate of drug-likeness (QED) is 0.720. The molecule has 0 radical (unpaired) electrons. The van der Waals surface area contributed by atoms with Crippen LogP contribution in [0.2, 0.25) is 0 Å². The second-order valence-corrected chi connectivity index (χ2v) is 5.97. The lowest BCUT2D eigenvalue weighted by Crippen LogP contribution is -2.17. The van der Waals surface area contributed by atoms with Gasteiger partial charge in [-0.1, -0.05) is 6.07 Å². The van der Waals surface area contributed by atoms with Gasteiger partial charge in [0.05, 0.1) is 17.3 Å². The molecule has 1 aromatic heterocycles. The Morgan fingerprint density at radius 1 is 1.07 bits per heavy atom. The molecule has 27 heavy (non-hydrogen) atoms. The molecule has 1 amide bonds. The van der Waals surface area contributed by atoms with Crippen molar-refractivity contribution in [1.29, 1.82) is 0 Å². The highest BCUT2D eigenvalue weighted by Gasteiger charge is 2.18. The van der Waals surface area contributed by atoms with Gasteiger partial charge in [0, 0.05) is 17.8 Å². The van der Waals surface area contributed by atoms with E-state index in [1.165, 1.54) is 36.8 Å². The number of rotatable bonds is 5. The van der Waals surface area contributed by atoms with Crippen molar-refractivity contribution in [2.75, 3.05) is 0 Å². The van der Waals surface area contributed by atoms with E-state index in [0.717, 1.165) is 12.1 Å². The van der Waals surface area contributed by atoms with Gasteiger partial charge < -0.3 is 11.5 Å². The molecule has 3 aromatic rings. The number of nitrogens with two attached hydrogens (primary N) is 2. The van der Waals surface area contributed by atoms with E-state index in [1.54, 1.807) is 0 Å². The van der Waals surface area contributed by atoms with E-state index in [0.29, 0.717) is 22.4 Å². The van der Waals surface area contributed by atoms with Crippen molar-refractivity contribution < 1.29 is 18.0 Å². The smallest absolute Gasteiger partial charge is 0.251 e. The zero-order valence-electron chi connectivity index (χ0n) is 14.0. The van der Waals surface area contributed by atoms with Crippen molar-refractivity contribution >= 4 is 5.91 Å². The summed E-state index contributed by atoms with van der Waals surface area (Å²) in [7, 11) is 0. The predicted molar refractivity (Wildman–Crippen MR) is 92.9 cm³/mol. The predicted octanol–water partition coefficient (Wildman–Crippen LogP) is 2.90. The van der Waals surface area contributed by atoms with Crippen LogP contribution in [0.25, 0.3) is 11.1 Å². The Bertz CT molecular complexity index is 990. The summed E-state index contributed by atoms with van der Waals surface area (Å²) in [5.41, 5.74) is 12.8. The first-order valence-electron chi connectivity index (χ1n) is 7.95. The highest BCUT2D eigenvalue weighted by atomic mass is 19.1. The first-order valence-corrected chi connectivity index (χ1v) is 7.95. The molecule has 0 aliphatic heterocycles. The first kappa shape index (κ1) is 18.5. The minimum absolute atomic E-state index is 0.114. The minimum Gasteiger partial charge on any atom is -0.366 e. The van der Waals surface area contributed by atoms with E-state index in [1.807, 2.05) is 0 Å². The molecular formula is C19H15F3N4O. The SMILES string of the molecule is NC(=O)c1cc(-c2cncnc2C(N)Cc2cc(F)cc(F)c2)ccc1F. The summed E-state index contributed by atoms with van der Waals surface area (Å²) in [6, 6.07) is 6.27. The van der Waals surface area contributed by atoms with Crippen LogP contribution in [0.4, 0.5) is 13.2 Å². The number of aromatic nitrogens is 2. The molecule has 4 N–H and O–H groups in total. The monoisotopic (exact) mass is 372 g/mol. The van der Waals surface area contributed by atoms with Gasteiger partial charge >= 0.3 is 0 Å². The third-order valence-electron chi connectivity index (χ3n) is 4.02. The van der Waals surface area contributed by atoms with Crippen LogP contribution >= 0.6 is 0 Å². The lowest BCUT2D eigenvalue weighted by molar-refractivity contribution is 0.0996. The maximum atomic E-state index is 13.7. The summed E-state index contributed by atoms with van der Waals surface area (Å²) >= 11 is 0. The topological polar surface area (TPSA) is 94.9 Å². The van der Waals surface area contributed by atoms with Crippen LogP contribution < -0.4 is 11.5 Å². The maximum absolute atomic E-state index is 13.7. The molecule has 5 nitrogen and oxygen atoms in total. The average Bonchev–Trinajstić information content (AvgIpc) is 2.61. The molecule has 0 fully saturated rings. The van der Waals surface area contributed by atoms with Gasteiger partial charge in [-0.3, -0.25) is 4.79 Å². The van der Waals surface area contributed by atoms with Crippen LogP contribution in [0.5, 0.6) is 0 Å². The highest BCUT2D eigenvalue weighted by Crippen LogP contribution is 2.28. The van der Waals surface area contributed by atoms with Crippen LogP contribution in [0.15, 0.2) is 48.9 Å². The number of hydrogen-bond acceptors (Lipinski definition) is 4. The van der Waals surface area contributed by atoms with E-state index < -0.39 is 29.4 Å². The third-order valence-corrected chi connectivity index (χ3v) is 4.02. The Morgan fingerprint density at radius 3 is 2.44 bits per heavy atom. The van der Waals surface area contributed by atoms with Crippen molar-refractivity contribution in [3.05, 3.63) is 83.2 Å². The summed E-state index contributed by atoms with van der Waals surface area (Å²) in [5, 5.41) is 0. The number of hydrogen-bond donors (Lipinski definition) is 2. The first-order chi connectivity index (χ1) is 12.8. The fourth-order valence-corrected chi connectivity index (χ4v) is 2.82. The molecule has 1 heterocycles. The number of primary amides is 1. The molecule has 0 bridgehead atoms. The second kappa shape index (κ2) is 7.55. The van der Waals surface area contributed by atoms with Gasteiger partial charge in [0.15, 0.2) is 0 Å². The van der Waals surface area contributed by atoms with Gasteiger partial charge in [0.1, 0.15) is 23.8 Å². The van der Waals surface area contributed by atoms with E-state index in [-0.39, 0.29) is 12.0 Å². The van der Waals surface area contributed by atoms with Crippen LogP contribution in [0, 0.1) is 17.5 Å². The molecule has 0 saturated heterocycles. The zero-order chi connectivity index (χ0) is 19.6. The molecule has 0 spiro atoms. The minimum atomic E-state index is -0.910. The van der Waals surface area contributed by atoms with E-state index in [4.69, 9.17) is 11.5 Å². The fourth-order valence-electron chi connectivity index (χ4n) is 2.82. The molecule has 1 unspecified atom stereocenters. The molecule has 0 aliphatic carbocycles. The van der Waals surface area contributed by atoms with Crippen molar-refractivity contribution in [1.82, 2.24) is 9.97 Å². The van der Waals surface area contributed by atoms with Gasteiger partial charge in [0.2, 0.25) is 0 Å². The molecule has 0 saturated carbocycles. The number of benzene rings is 2. The molecule has 2 aromatic carbocycles. The average molecular weight is 372 g/mol. The van der Waals surface area contributed by atoms with Gasteiger partial charge in [-0.05, 0) is 41.8 Å². The Labute approximate surface area is 152 Å². The maximum Gasteiger partial charge on any atom is 0.251 e. The molecule has 8 heteroatoms.